The first-order chi connectivity index (χ1) is 9.58. The number of hydrogen-bond acceptors (Lipinski definition) is 5. The first kappa shape index (κ1) is 13.3. The fraction of sp³-hybridized carbons (Fsp3) is 0.500. The van der Waals surface area contributed by atoms with Crippen molar-refractivity contribution in [3.63, 3.8) is 0 Å². The van der Waals surface area contributed by atoms with Crippen LogP contribution in [-0.4, -0.2) is 52.9 Å². The summed E-state index contributed by atoms with van der Waals surface area (Å²) in [4.78, 5) is 4.26. The van der Waals surface area contributed by atoms with Crippen LogP contribution in [0.15, 0.2) is 18.5 Å². The Morgan fingerprint density at radius 1 is 1.45 bits per heavy atom. The fourth-order valence-corrected chi connectivity index (χ4v) is 3.99. The number of aryl methyl sites for hydroxylation is 1. The molecule has 2 aromatic heterocycles. The van der Waals surface area contributed by atoms with Gasteiger partial charge >= 0.3 is 0 Å². The maximum Gasteiger partial charge on any atom is 0.214 e. The van der Waals surface area contributed by atoms with E-state index in [1.54, 1.807) is 21.4 Å². The highest BCUT2D eigenvalue weighted by Crippen LogP contribution is 2.20. The van der Waals surface area contributed by atoms with Crippen LogP contribution in [0, 0.1) is 0 Å². The molecule has 1 aliphatic rings. The predicted octanol–water partition coefficient (Wildman–Crippen LogP) is 0.416. The van der Waals surface area contributed by atoms with E-state index in [0.717, 1.165) is 23.1 Å². The third kappa shape index (κ3) is 2.36. The Bertz CT molecular complexity index is 725. The van der Waals surface area contributed by atoms with Gasteiger partial charge in [-0.3, -0.25) is 4.68 Å². The van der Waals surface area contributed by atoms with Crippen LogP contribution < -0.4 is 5.32 Å². The van der Waals surface area contributed by atoms with E-state index in [1.807, 2.05) is 13.1 Å². The maximum absolute atomic E-state index is 11.7. The van der Waals surface area contributed by atoms with Gasteiger partial charge in [0.25, 0.3) is 0 Å². The molecule has 0 spiro atoms. The number of pyridine rings is 1. The van der Waals surface area contributed by atoms with Gasteiger partial charge in [-0.15, -0.1) is 0 Å². The van der Waals surface area contributed by atoms with Crippen molar-refractivity contribution in [3.05, 3.63) is 18.5 Å². The van der Waals surface area contributed by atoms with Gasteiger partial charge in [0.2, 0.25) is 10.0 Å². The van der Waals surface area contributed by atoms with Gasteiger partial charge in [-0.05, 0) is 12.5 Å². The average molecular weight is 295 g/mol. The van der Waals surface area contributed by atoms with Gasteiger partial charge in [0.05, 0.1) is 17.3 Å². The van der Waals surface area contributed by atoms with Crippen molar-refractivity contribution in [2.75, 3.05) is 30.7 Å². The van der Waals surface area contributed by atoms with Crippen molar-refractivity contribution < 1.29 is 8.42 Å². The van der Waals surface area contributed by atoms with Crippen LogP contribution in [0.3, 0.4) is 0 Å². The molecule has 0 amide bonds. The minimum Gasteiger partial charge on any atom is -0.383 e. The number of fused-ring (bicyclic) bond motifs is 1. The highest BCUT2D eigenvalue weighted by molar-refractivity contribution is 7.89. The SMILES string of the molecule is Cn1ncc2c(NCCN3CCCS3(=O)=O)ccnc21. The molecule has 0 atom stereocenters. The van der Waals surface area contributed by atoms with E-state index < -0.39 is 10.0 Å². The predicted molar refractivity (Wildman–Crippen MR) is 77.0 cm³/mol. The lowest BCUT2D eigenvalue weighted by Gasteiger charge is -2.15. The zero-order valence-corrected chi connectivity index (χ0v) is 12.1. The number of nitrogens with zero attached hydrogens (tertiary/aromatic N) is 4. The Balaban J connectivity index is 1.69. The van der Waals surface area contributed by atoms with E-state index >= 15 is 0 Å². The molecule has 1 aliphatic heterocycles. The second-order valence-corrected chi connectivity index (χ2v) is 6.95. The normalized spacial score (nSPS) is 18.6. The Morgan fingerprint density at radius 2 is 2.30 bits per heavy atom. The van der Waals surface area contributed by atoms with Crippen LogP contribution in [0.25, 0.3) is 11.0 Å². The first-order valence-electron chi connectivity index (χ1n) is 6.56. The standard InChI is InChI=1S/C12H17N5O2S/c1-16-12-10(9-15-16)11(3-4-14-12)13-5-7-17-6-2-8-20(17,18)19/h3-4,9H,2,5-8H2,1H3,(H,13,14). The van der Waals surface area contributed by atoms with Crippen LogP contribution in [0.1, 0.15) is 6.42 Å². The van der Waals surface area contributed by atoms with Crippen molar-refractivity contribution in [3.8, 4) is 0 Å². The van der Waals surface area contributed by atoms with Crippen LogP contribution in [-0.2, 0) is 17.1 Å². The van der Waals surface area contributed by atoms with Crippen molar-refractivity contribution in [1.82, 2.24) is 19.1 Å². The zero-order valence-electron chi connectivity index (χ0n) is 11.3. The minimum absolute atomic E-state index is 0.273. The number of sulfonamides is 1. The summed E-state index contributed by atoms with van der Waals surface area (Å²) in [6.07, 6.45) is 4.21. The lowest BCUT2D eigenvalue weighted by Crippen LogP contribution is -2.30. The van der Waals surface area contributed by atoms with Gasteiger partial charge < -0.3 is 5.32 Å². The van der Waals surface area contributed by atoms with E-state index in [-0.39, 0.29) is 5.75 Å². The molecule has 1 saturated heterocycles. The number of nitrogens with one attached hydrogen (secondary N) is 1. The van der Waals surface area contributed by atoms with Crippen molar-refractivity contribution in [2.24, 2.45) is 7.05 Å². The largest absolute Gasteiger partial charge is 0.383 e. The Hall–Kier alpha value is -1.67. The molecule has 0 aromatic carbocycles. The number of rotatable bonds is 4. The molecule has 0 radical (unpaired) electrons. The summed E-state index contributed by atoms with van der Waals surface area (Å²) in [5.41, 5.74) is 1.74. The molecule has 1 N–H and O–H groups in total. The molecule has 20 heavy (non-hydrogen) atoms. The quantitative estimate of drug-likeness (QED) is 0.884. The molecule has 3 heterocycles. The van der Waals surface area contributed by atoms with Gasteiger partial charge in [-0.2, -0.15) is 5.10 Å². The molecule has 1 fully saturated rings. The molecule has 0 bridgehead atoms. The number of hydrogen-bond donors (Lipinski definition) is 1. The van der Waals surface area contributed by atoms with E-state index in [2.05, 4.69) is 15.4 Å². The number of aromatic nitrogens is 3. The molecular weight excluding hydrogens is 278 g/mol. The minimum atomic E-state index is -3.02. The van der Waals surface area contributed by atoms with E-state index in [9.17, 15) is 8.42 Å². The molecule has 3 rings (SSSR count). The van der Waals surface area contributed by atoms with E-state index in [1.165, 1.54) is 0 Å². The zero-order chi connectivity index (χ0) is 14.2. The molecule has 0 aliphatic carbocycles. The van der Waals surface area contributed by atoms with Crippen LogP contribution in [0.2, 0.25) is 0 Å². The lowest BCUT2D eigenvalue weighted by atomic mass is 10.3. The monoisotopic (exact) mass is 295 g/mol. The molecule has 0 saturated carbocycles. The summed E-state index contributed by atoms with van der Waals surface area (Å²) in [6.45, 7) is 1.70. The van der Waals surface area contributed by atoms with Gasteiger partial charge in [-0.1, -0.05) is 0 Å². The Morgan fingerprint density at radius 3 is 3.05 bits per heavy atom. The van der Waals surface area contributed by atoms with Crippen LogP contribution in [0.4, 0.5) is 5.69 Å². The van der Waals surface area contributed by atoms with E-state index in [4.69, 9.17) is 0 Å². The third-order valence-electron chi connectivity index (χ3n) is 3.52. The van der Waals surface area contributed by atoms with Crippen LogP contribution in [0.5, 0.6) is 0 Å². The topological polar surface area (TPSA) is 80.1 Å². The van der Waals surface area contributed by atoms with Gasteiger partial charge in [0, 0.05) is 38.6 Å². The smallest absolute Gasteiger partial charge is 0.214 e. The highest BCUT2D eigenvalue weighted by Gasteiger charge is 2.27. The van der Waals surface area contributed by atoms with Crippen molar-refractivity contribution in [2.45, 2.75) is 6.42 Å². The summed E-state index contributed by atoms with van der Waals surface area (Å²) >= 11 is 0. The Kier molecular flexibility index (Phi) is 3.35. The van der Waals surface area contributed by atoms with Gasteiger partial charge in [0.1, 0.15) is 0 Å². The third-order valence-corrected chi connectivity index (χ3v) is 5.47. The van der Waals surface area contributed by atoms with E-state index in [0.29, 0.717) is 19.6 Å². The van der Waals surface area contributed by atoms with Crippen LogP contribution >= 0.6 is 0 Å². The van der Waals surface area contributed by atoms with Crippen molar-refractivity contribution >= 4 is 26.7 Å². The second kappa shape index (κ2) is 5.02. The molecule has 108 valence electrons. The molecule has 2 aromatic rings. The number of anilines is 1. The highest BCUT2D eigenvalue weighted by atomic mass is 32.2. The average Bonchev–Trinajstić information content (AvgIpc) is 2.94. The fourth-order valence-electron chi connectivity index (χ4n) is 2.46. The molecular formula is C12H17N5O2S. The maximum atomic E-state index is 11.7. The molecule has 8 heteroatoms. The van der Waals surface area contributed by atoms with Gasteiger partial charge in [0.15, 0.2) is 5.65 Å². The molecule has 0 unspecified atom stereocenters. The summed E-state index contributed by atoms with van der Waals surface area (Å²) in [6, 6.07) is 1.88. The summed E-state index contributed by atoms with van der Waals surface area (Å²) in [5.74, 6) is 0.273. The lowest BCUT2D eigenvalue weighted by molar-refractivity contribution is 0.456. The molecule has 7 nitrogen and oxygen atoms in total. The summed E-state index contributed by atoms with van der Waals surface area (Å²) < 4.78 is 26.6. The van der Waals surface area contributed by atoms with Crippen molar-refractivity contribution in [1.29, 1.82) is 0 Å². The summed E-state index contributed by atoms with van der Waals surface area (Å²) in [7, 11) is -1.17. The summed E-state index contributed by atoms with van der Waals surface area (Å²) in [5, 5.41) is 8.38. The Labute approximate surface area is 117 Å². The first-order valence-corrected chi connectivity index (χ1v) is 8.17. The van der Waals surface area contributed by atoms with Gasteiger partial charge in [-0.25, -0.2) is 17.7 Å². The second-order valence-electron chi connectivity index (χ2n) is 4.86.